The van der Waals surface area contributed by atoms with Gasteiger partial charge in [0.25, 0.3) is 5.78 Å². The number of rotatable bonds is 0. The standard InChI is InChI=1S/C11H7NO/c1-2-5-11(13)8-7-10-6-3-4-9-12-10/h3-4,6,9H,1H3. The molecule has 0 bridgehead atoms. The largest absolute Gasteiger partial charge is 0.279 e. The van der Waals surface area contributed by atoms with E-state index in [1.54, 1.807) is 25.3 Å². The van der Waals surface area contributed by atoms with Gasteiger partial charge in [0.05, 0.1) is 0 Å². The van der Waals surface area contributed by atoms with Crippen LogP contribution in [-0.4, -0.2) is 10.8 Å². The SMILES string of the molecule is CC#CC(=O)C#Cc1ccccn1. The fourth-order valence-electron chi connectivity index (χ4n) is 0.702. The summed E-state index contributed by atoms with van der Waals surface area (Å²) in [6.45, 7) is 1.60. The molecular formula is C11H7NO. The van der Waals surface area contributed by atoms with E-state index in [0.717, 1.165) is 0 Å². The predicted molar refractivity (Wildman–Crippen MR) is 49.6 cm³/mol. The zero-order valence-corrected chi connectivity index (χ0v) is 7.16. The number of ketones is 1. The highest BCUT2D eigenvalue weighted by Gasteiger charge is 1.87. The van der Waals surface area contributed by atoms with Crippen molar-refractivity contribution < 1.29 is 4.79 Å². The van der Waals surface area contributed by atoms with E-state index >= 15 is 0 Å². The number of carbonyl (C=O) groups is 1. The van der Waals surface area contributed by atoms with Crippen molar-refractivity contribution in [1.82, 2.24) is 4.98 Å². The molecule has 1 aromatic heterocycles. The first-order chi connectivity index (χ1) is 6.33. The molecule has 0 radical (unpaired) electrons. The van der Waals surface area contributed by atoms with Gasteiger partial charge in [-0.1, -0.05) is 12.0 Å². The Balaban J connectivity index is 2.77. The van der Waals surface area contributed by atoms with Gasteiger partial charge in [0.15, 0.2) is 0 Å². The maximum absolute atomic E-state index is 10.8. The first-order valence-corrected chi connectivity index (χ1v) is 3.72. The summed E-state index contributed by atoms with van der Waals surface area (Å²) in [5.74, 6) is 9.42. The topological polar surface area (TPSA) is 30.0 Å². The van der Waals surface area contributed by atoms with E-state index in [4.69, 9.17) is 0 Å². The number of hydrogen-bond donors (Lipinski definition) is 0. The van der Waals surface area contributed by atoms with E-state index < -0.39 is 0 Å². The van der Waals surface area contributed by atoms with Crippen LogP contribution in [0.15, 0.2) is 24.4 Å². The summed E-state index contributed by atoms with van der Waals surface area (Å²) in [6.07, 6.45) is 1.62. The van der Waals surface area contributed by atoms with E-state index in [9.17, 15) is 4.79 Å². The summed E-state index contributed by atoms with van der Waals surface area (Å²) >= 11 is 0. The van der Waals surface area contributed by atoms with Crippen molar-refractivity contribution in [3.63, 3.8) is 0 Å². The van der Waals surface area contributed by atoms with Gasteiger partial charge < -0.3 is 0 Å². The molecule has 0 saturated carbocycles. The van der Waals surface area contributed by atoms with Crippen LogP contribution < -0.4 is 0 Å². The molecule has 0 aromatic carbocycles. The fraction of sp³-hybridized carbons (Fsp3) is 0.0909. The summed E-state index contributed by atoms with van der Waals surface area (Å²) in [6, 6.07) is 5.34. The molecule has 0 aliphatic carbocycles. The van der Waals surface area contributed by atoms with E-state index in [-0.39, 0.29) is 5.78 Å². The van der Waals surface area contributed by atoms with E-state index in [1.807, 2.05) is 6.07 Å². The van der Waals surface area contributed by atoms with Crippen molar-refractivity contribution in [2.24, 2.45) is 0 Å². The van der Waals surface area contributed by atoms with Gasteiger partial charge >= 0.3 is 0 Å². The molecular weight excluding hydrogens is 162 g/mol. The molecule has 0 spiro atoms. The number of pyridine rings is 1. The van der Waals surface area contributed by atoms with E-state index in [2.05, 4.69) is 28.7 Å². The van der Waals surface area contributed by atoms with Crippen LogP contribution in [0.25, 0.3) is 0 Å². The molecule has 0 N–H and O–H groups in total. The lowest BCUT2D eigenvalue weighted by molar-refractivity contribution is -0.108. The maximum Gasteiger partial charge on any atom is 0.279 e. The third-order valence-corrected chi connectivity index (χ3v) is 1.21. The Hall–Kier alpha value is -2.06. The van der Waals surface area contributed by atoms with E-state index in [0.29, 0.717) is 5.69 Å². The minimum Gasteiger partial charge on any atom is -0.270 e. The van der Waals surface area contributed by atoms with Crippen LogP contribution in [0, 0.1) is 23.7 Å². The molecule has 2 heteroatoms. The van der Waals surface area contributed by atoms with Crippen LogP contribution in [0.2, 0.25) is 0 Å². The van der Waals surface area contributed by atoms with Crippen LogP contribution in [0.3, 0.4) is 0 Å². The molecule has 1 aromatic rings. The van der Waals surface area contributed by atoms with Gasteiger partial charge in [0, 0.05) is 6.20 Å². The number of carbonyl (C=O) groups excluding carboxylic acids is 1. The molecule has 0 atom stereocenters. The van der Waals surface area contributed by atoms with Gasteiger partial charge in [-0.3, -0.25) is 4.79 Å². The Bertz CT molecular complexity index is 412. The van der Waals surface area contributed by atoms with Gasteiger partial charge in [-0.05, 0) is 36.8 Å². The summed E-state index contributed by atoms with van der Waals surface area (Å²) in [5.41, 5.74) is 0.578. The highest BCUT2D eigenvalue weighted by molar-refractivity contribution is 6.09. The molecule has 0 aliphatic rings. The Kier molecular flexibility index (Phi) is 3.30. The summed E-state index contributed by atoms with van der Waals surface area (Å²) in [5, 5.41) is 0. The van der Waals surface area contributed by atoms with E-state index in [1.165, 1.54) is 0 Å². The van der Waals surface area contributed by atoms with Crippen LogP contribution in [0.4, 0.5) is 0 Å². The zero-order valence-electron chi connectivity index (χ0n) is 7.16. The van der Waals surface area contributed by atoms with Crippen molar-refractivity contribution in [2.45, 2.75) is 6.92 Å². The minimum absolute atomic E-state index is 0.381. The number of aromatic nitrogens is 1. The third-order valence-electron chi connectivity index (χ3n) is 1.21. The zero-order chi connectivity index (χ0) is 9.52. The number of nitrogens with zero attached hydrogens (tertiary/aromatic N) is 1. The monoisotopic (exact) mass is 169 g/mol. The lowest BCUT2D eigenvalue weighted by Gasteiger charge is -1.83. The van der Waals surface area contributed by atoms with Crippen LogP contribution in [0.5, 0.6) is 0 Å². The van der Waals surface area contributed by atoms with Gasteiger partial charge in [-0.25, -0.2) is 4.98 Å². The highest BCUT2D eigenvalue weighted by atomic mass is 16.1. The quantitative estimate of drug-likeness (QED) is 0.429. The summed E-state index contributed by atoms with van der Waals surface area (Å²) in [4.78, 5) is 14.8. The van der Waals surface area contributed by atoms with Crippen molar-refractivity contribution in [2.75, 3.05) is 0 Å². The fourth-order valence-corrected chi connectivity index (χ4v) is 0.702. The molecule has 0 saturated heterocycles. The Morgan fingerprint density at radius 1 is 1.38 bits per heavy atom. The lowest BCUT2D eigenvalue weighted by Crippen LogP contribution is -1.87. The second-order valence-corrected chi connectivity index (χ2v) is 2.17. The van der Waals surface area contributed by atoms with Crippen molar-refractivity contribution in [3.8, 4) is 23.7 Å². The molecule has 0 amide bonds. The van der Waals surface area contributed by atoms with Gasteiger partial charge in [0.1, 0.15) is 5.69 Å². The molecule has 62 valence electrons. The molecule has 1 heterocycles. The van der Waals surface area contributed by atoms with Crippen LogP contribution in [-0.2, 0) is 4.79 Å². The smallest absolute Gasteiger partial charge is 0.270 e. The normalized spacial score (nSPS) is 7.46. The van der Waals surface area contributed by atoms with Crippen molar-refractivity contribution in [3.05, 3.63) is 30.1 Å². The average molecular weight is 169 g/mol. The van der Waals surface area contributed by atoms with Crippen molar-refractivity contribution in [1.29, 1.82) is 0 Å². The second-order valence-electron chi connectivity index (χ2n) is 2.17. The first-order valence-electron chi connectivity index (χ1n) is 3.72. The Morgan fingerprint density at radius 2 is 2.23 bits per heavy atom. The number of hydrogen-bond acceptors (Lipinski definition) is 2. The molecule has 0 fully saturated rings. The average Bonchev–Trinajstić information content (AvgIpc) is 2.17. The molecule has 0 unspecified atom stereocenters. The Labute approximate surface area is 77.0 Å². The second kappa shape index (κ2) is 4.74. The predicted octanol–water partition coefficient (Wildman–Crippen LogP) is 1.03. The minimum atomic E-state index is -0.381. The summed E-state index contributed by atoms with van der Waals surface area (Å²) in [7, 11) is 0. The molecule has 2 nitrogen and oxygen atoms in total. The molecule has 13 heavy (non-hydrogen) atoms. The first kappa shape index (κ1) is 9.03. The van der Waals surface area contributed by atoms with Gasteiger partial charge in [0.2, 0.25) is 0 Å². The molecule has 1 rings (SSSR count). The Morgan fingerprint density at radius 3 is 2.85 bits per heavy atom. The van der Waals surface area contributed by atoms with Gasteiger partial charge in [-0.15, -0.1) is 0 Å². The van der Waals surface area contributed by atoms with Crippen molar-refractivity contribution >= 4 is 5.78 Å². The van der Waals surface area contributed by atoms with Gasteiger partial charge in [-0.2, -0.15) is 0 Å². The summed E-state index contributed by atoms with van der Waals surface area (Å²) < 4.78 is 0. The highest BCUT2D eigenvalue weighted by Crippen LogP contribution is 1.88. The number of Topliss-reactive ketones (excluding diaryl/α,β-unsaturated/α-hetero) is 1. The molecule has 0 aliphatic heterocycles. The third kappa shape index (κ3) is 3.22. The lowest BCUT2D eigenvalue weighted by atomic mass is 10.3. The maximum atomic E-state index is 10.8. The van der Waals surface area contributed by atoms with Crippen LogP contribution >= 0.6 is 0 Å². The van der Waals surface area contributed by atoms with Crippen LogP contribution in [0.1, 0.15) is 12.6 Å².